The summed E-state index contributed by atoms with van der Waals surface area (Å²) in [4.78, 5) is 0. The standard InChI is InChI=1S/C26H34FN/c1-16-14-20(27)10-11-21(16)22-12-13-23-17(2)24(19-8-6-5-7-9-19)15-25(28-4)26(23)18(22)3/h5-6,10,13-14,19,21-22,24-25,28H,2,7-9,11-12,15H2,1,3-4H3. The lowest BCUT2D eigenvalue weighted by molar-refractivity contribution is 0.299. The summed E-state index contributed by atoms with van der Waals surface area (Å²) in [5.74, 6) is 2.11. The predicted molar refractivity (Wildman–Crippen MR) is 117 cm³/mol. The summed E-state index contributed by atoms with van der Waals surface area (Å²) in [6.45, 7) is 9.01. The van der Waals surface area contributed by atoms with Gasteiger partial charge >= 0.3 is 0 Å². The molecule has 0 spiro atoms. The van der Waals surface area contributed by atoms with Crippen LogP contribution in [0.1, 0.15) is 52.4 Å². The van der Waals surface area contributed by atoms with E-state index in [1.165, 1.54) is 47.1 Å². The number of allylic oxidation sites excluding steroid dienone is 9. The van der Waals surface area contributed by atoms with Crippen molar-refractivity contribution in [2.45, 2.75) is 58.4 Å². The zero-order chi connectivity index (χ0) is 19.8. The van der Waals surface area contributed by atoms with Crippen LogP contribution >= 0.6 is 0 Å². The highest BCUT2D eigenvalue weighted by atomic mass is 19.1. The molecule has 4 aliphatic carbocycles. The van der Waals surface area contributed by atoms with Crippen LogP contribution in [0, 0.1) is 23.7 Å². The van der Waals surface area contributed by atoms with Crippen molar-refractivity contribution in [1.82, 2.24) is 5.32 Å². The molecular weight excluding hydrogens is 345 g/mol. The van der Waals surface area contributed by atoms with Crippen molar-refractivity contribution in [3.63, 3.8) is 0 Å². The Morgan fingerprint density at radius 3 is 2.50 bits per heavy atom. The molecule has 0 bridgehead atoms. The van der Waals surface area contributed by atoms with Crippen molar-refractivity contribution >= 4 is 0 Å². The molecule has 0 amide bonds. The maximum absolute atomic E-state index is 13.7. The van der Waals surface area contributed by atoms with E-state index in [9.17, 15) is 4.39 Å². The third-order valence-electron chi connectivity index (χ3n) is 7.71. The number of fused-ring (bicyclic) bond motifs is 1. The Labute approximate surface area is 169 Å². The van der Waals surface area contributed by atoms with Gasteiger partial charge in [0, 0.05) is 6.04 Å². The molecule has 0 aromatic rings. The monoisotopic (exact) mass is 379 g/mol. The van der Waals surface area contributed by atoms with Crippen LogP contribution in [0.2, 0.25) is 0 Å². The Balaban J connectivity index is 1.63. The fourth-order valence-electron chi connectivity index (χ4n) is 6.10. The lowest BCUT2D eigenvalue weighted by atomic mass is 9.62. The van der Waals surface area contributed by atoms with Crippen LogP contribution in [0.4, 0.5) is 4.39 Å². The van der Waals surface area contributed by atoms with Crippen molar-refractivity contribution < 1.29 is 4.39 Å². The highest BCUT2D eigenvalue weighted by Gasteiger charge is 2.40. The van der Waals surface area contributed by atoms with E-state index in [-0.39, 0.29) is 5.83 Å². The predicted octanol–water partition coefficient (Wildman–Crippen LogP) is 6.59. The van der Waals surface area contributed by atoms with Gasteiger partial charge in [-0.2, -0.15) is 0 Å². The molecule has 0 aliphatic heterocycles. The molecule has 4 rings (SSSR count). The number of hydrogen-bond acceptors (Lipinski definition) is 1. The van der Waals surface area contributed by atoms with Crippen LogP contribution in [0.25, 0.3) is 0 Å². The van der Waals surface area contributed by atoms with Crippen LogP contribution in [-0.4, -0.2) is 13.1 Å². The molecule has 0 heterocycles. The molecule has 5 atom stereocenters. The van der Waals surface area contributed by atoms with Crippen LogP contribution in [0.3, 0.4) is 0 Å². The number of nitrogens with one attached hydrogen (secondary N) is 1. The van der Waals surface area contributed by atoms with E-state index >= 15 is 0 Å². The molecule has 2 heteroatoms. The van der Waals surface area contributed by atoms with Crippen LogP contribution < -0.4 is 5.32 Å². The minimum atomic E-state index is -0.0744. The Kier molecular flexibility index (Phi) is 5.60. The summed E-state index contributed by atoms with van der Waals surface area (Å²) >= 11 is 0. The maximum atomic E-state index is 13.7. The van der Waals surface area contributed by atoms with E-state index in [0.717, 1.165) is 25.2 Å². The van der Waals surface area contributed by atoms with Gasteiger partial charge < -0.3 is 5.32 Å². The molecule has 0 aromatic carbocycles. The molecule has 5 unspecified atom stereocenters. The minimum absolute atomic E-state index is 0.0744. The van der Waals surface area contributed by atoms with Crippen molar-refractivity contribution in [2.24, 2.45) is 23.7 Å². The zero-order valence-electron chi connectivity index (χ0n) is 17.6. The Morgan fingerprint density at radius 1 is 1.04 bits per heavy atom. The number of hydrogen-bond donors (Lipinski definition) is 1. The van der Waals surface area contributed by atoms with E-state index in [0.29, 0.717) is 23.8 Å². The van der Waals surface area contributed by atoms with E-state index in [1.54, 1.807) is 12.2 Å². The molecule has 1 fully saturated rings. The second-order valence-electron chi connectivity index (χ2n) is 9.13. The average molecular weight is 380 g/mol. The van der Waals surface area contributed by atoms with Gasteiger partial charge in [0.05, 0.1) is 0 Å². The Hall–Kier alpha value is -1.67. The summed E-state index contributed by atoms with van der Waals surface area (Å²) in [5.41, 5.74) is 6.94. The van der Waals surface area contributed by atoms with Gasteiger partial charge in [-0.3, -0.25) is 0 Å². The second kappa shape index (κ2) is 7.99. The first-order valence-electron chi connectivity index (χ1n) is 11.0. The van der Waals surface area contributed by atoms with Crippen molar-refractivity contribution in [1.29, 1.82) is 0 Å². The fourth-order valence-corrected chi connectivity index (χ4v) is 6.10. The average Bonchev–Trinajstić information content (AvgIpc) is 2.70. The highest BCUT2D eigenvalue weighted by Crippen LogP contribution is 2.50. The molecule has 1 N–H and O–H groups in total. The van der Waals surface area contributed by atoms with E-state index in [4.69, 9.17) is 0 Å². The lowest BCUT2D eigenvalue weighted by Gasteiger charge is -2.44. The van der Waals surface area contributed by atoms with Crippen molar-refractivity contribution in [3.8, 4) is 0 Å². The van der Waals surface area contributed by atoms with E-state index in [2.05, 4.69) is 51.0 Å². The van der Waals surface area contributed by atoms with Gasteiger partial charge in [-0.05, 0) is 112 Å². The topological polar surface area (TPSA) is 12.0 Å². The summed E-state index contributed by atoms with van der Waals surface area (Å²) in [5, 5.41) is 3.62. The normalized spacial score (nSPS) is 35.9. The third-order valence-corrected chi connectivity index (χ3v) is 7.71. The Morgan fingerprint density at radius 2 is 1.82 bits per heavy atom. The molecule has 1 nitrogen and oxygen atoms in total. The van der Waals surface area contributed by atoms with Gasteiger partial charge in [0.1, 0.15) is 5.83 Å². The van der Waals surface area contributed by atoms with Gasteiger partial charge in [-0.1, -0.05) is 36.0 Å². The quantitative estimate of drug-likeness (QED) is 0.545. The lowest BCUT2D eigenvalue weighted by Crippen LogP contribution is -2.41. The molecule has 0 aromatic heterocycles. The smallest absolute Gasteiger partial charge is 0.119 e. The minimum Gasteiger partial charge on any atom is -0.313 e. The van der Waals surface area contributed by atoms with Gasteiger partial charge in [-0.15, -0.1) is 0 Å². The van der Waals surface area contributed by atoms with Crippen LogP contribution in [0.15, 0.2) is 70.7 Å². The van der Waals surface area contributed by atoms with Crippen molar-refractivity contribution in [2.75, 3.05) is 7.05 Å². The molecule has 28 heavy (non-hydrogen) atoms. The first-order valence-corrected chi connectivity index (χ1v) is 11.0. The summed E-state index contributed by atoms with van der Waals surface area (Å²) < 4.78 is 13.7. The van der Waals surface area contributed by atoms with E-state index in [1.807, 2.05) is 0 Å². The molecule has 0 saturated heterocycles. The number of likely N-dealkylation sites (N-methyl/N-ethyl adjacent to an activating group) is 1. The van der Waals surface area contributed by atoms with Crippen LogP contribution in [-0.2, 0) is 0 Å². The van der Waals surface area contributed by atoms with Crippen molar-refractivity contribution in [3.05, 3.63) is 70.7 Å². The molecule has 150 valence electrons. The SMILES string of the molecule is C=C1C2=CCC(C3CC=C(F)C=C3C)C(C)=C2C(NC)CC1C1CC=CCC1. The highest BCUT2D eigenvalue weighted by molar-refractivity contribution is 5.56. The number of halogens is 1. The molecule has 1 saturated carbocycles. The zero-order valence-corrected chi connectivity index (χ0v) is 17.6. The Bertz CT molecular complexity index is 806. The summed E-state index contributed by atoms with van der Waals surface area (Å²) in [7, 11) is 2.10. The molecule has 0 radical (unpaired) electrons. The summed E-state index contributed by atoms with van der Waals surface area (Å²) in [6, 6.07) is 0.399. The van der Waals surface area contributed by atoms with Crippen LogP contribution in [0.5, 0.6) is 0 Å². The van der Waals surface area contributed by atoms with Gasteiger partial charge in [0.25, 0.3) is 0 Å². The summed E-state index contributed by atoms with van der Waals surface area (Å²) in [6.07, 6.45) is 17.3. The maximum Gasteiger partial charge on any atom is 0.119 e. The number of rotatable bonds is 3. The molecular formula is C26H34FN. The second-order valence-corrected chi connectivity index (χ2v) is 9.13. The first-order chi connectivity index (χ1) is 13.5. The fraction of sp³-hybridized carbons (Fsp3) is 0.538. The van der Waals surface area contributed by atoms with Gasteiger partial charge in [0.2, 0.25) is 0 Å². The van der Waals surface area contributed by atoms with E-state index < -0.39 is 0 Å². The van der Waals surface area contributed by atoms with Gasteiger partial charge in [0.15, 0.2) is 0 Å². The molecule has 4 aliphatic rings. The largest absolute Gasteiger partial charge is 0.313 e. The third kappa shape index (κ3) is 3.41. The first kappa shape index (κ1) is 19.6. The van der Waals surface area contributed by atoms with Gasteiger partial charge in [-0.25, -0.2) is 4.39 Å².